The molecule has 10 nitrogen and oxygen atoms in total. The maximum atomic E-state index is 13.2. The number of pyridine rings is 2. The van der Waals surface area contributed by atoms with Gasteiger partial charge in [0.25, 0.3) is 0 Å². The second-order valence-electron chi connectivity index (χ2n) is 10.4. The summed E-state index contributed by atoms with van der Waals surface area (Å²) < 4.78 is 0. The van der Waals surface area contributed by atoms with E-state index in [2.05, 4.69) is 46.9 Å². The van der Waals surface area contributed by atoms with Gasteiger partial charge < -0.3 is 20.9 Å². The van der Waals surface area contributed by atoms with Crippen molar-refractivity contribution in [2.75, 3.05) is 33.9 Å². The smallest absolute Gasteiger partial charge is 0.229 e. The van der Waals surface area contributed by atoms with Crippen LogP contribution in [-0.4, -0.2) is 38.9 Å². The SMILES string of the molecule is N#Cc1c(Cl)cncc1N1CCC(CC(=O)Nc2ccc3cc2CCc2cncc(c2)Nc2ncc(Cl)c(n2)N3)CC1. The molecule has 0 atom stereocenters. The summed E-state index contributed by atoms with van der Waals surface area (Å²) in [5.41, 5.74) is 5.58. The first kappa shape index (κ1) is 27.7. The van der Waals surface area contributed by atoms with E-state index in [1.807, 2.05) is 30.5 Å². The van der Waals surface area contributed by atoms with Crippen LogP contribution in [0.5, 0.6) is 0 Å². The van der Waals surface area contributed by atoms with Gasteiger partial charge in [-0.2, -0.15) is 10.2 Å². The summed E-state index contributed by atoms with van der Waals surface area (Å²) >= 11 is 12.6. The molecule has 1 amide bonds. The van der Waals surface area contributed by atoms with E-state index in [1.54, 1.807) is 18.6 Å². The zero-order valence-corrected chi connectivity index (χ0v) is 24.1. The van der Waals surface area contributed by atoms with Crippen LogP contribution in [0, 0.1) is 17.2 Å². The summed E-state index contributed by atoms with van der Waals surface area (Å²) in [6, 6.07) is 10.0. The molecular formula is C30H27Cl2N9O. The van der Waals surface area contributed by atoms with Gasteiger partial charge in [-0.15, -0.1) is 0 Å². The average Bonchev–Trinajstić information content (AvgIpc) is 2.99. The lowest BCUT2D eigenvalue weighted by Gasteiger charge is -2.33. The van der Waals surface area contributed by atoms with Crippen LogP contribution in [0.1, 0.15) is 36.0 Å². The predicted molar refractivity (Wildman–Crippen MR) is 164 cm³/mol. The molecule has 5 heterocycles. The van der Waals surface area contributed by atoms with E-state index >= 15 is 0 Å². The molecule has 0 spiro atoms. The fourth-order valence-corrected chi connectivity index (χ4v) is 5.70. The van der Waals surface area contributed by atoms with Gasteiger partial charge in [0.15, 0.2) is 5.82 Å². The Bertz CT molecular complexity index is 1680. The van der Waals surface area contributed by atoms with Crippen LogP contribution in [0.2, 0.25) is 10.0 Å². The highest BCUT2D eigenvalue weighted by Crippen LogP contribution is 2.32. The molecule has 0 aliphatic carbocycles. The Balaban J connectivity index is 1.16. The molecule has 0 radical (unpaired) electrons. The first-order valence-electron chi connectivity index (χ1n) is 13.7. The largest absolute Gasteiger partial charge is 0.369 e. The lowest BCUT2D eigenvalue weighted by Crippen LogP contribution is -2.35. The molecule has 6 bridgehead atoms. The third kappa shape index (κ3) is 6.22. The predicted octanol–water partition coefficient (Wildman–Crippen LogP) is 6.28. The van der Waals surface area contributed by atoms with Gasteiger partial charge in [-0.05, 0) is 67.0 Å². The summed E-state index contributed by atoms with van der Waals surface area (Å²) in [7, 11) is 0. The summed E-state index contributed by atoms with van der Waals surface area (Å²) in [6.07, 6.45) is 11.8. The number of rotatable bonds is 4. The lowest BCUT2D eigenvalue weighted by molar-refractivity contribution is -0.117. The normalized spacial score (nSPS) is 14.7. The van der Waals surface area contributed by atoms with E-state index < -0.39 is 0 Å². The maximum Gasteiger partial charge on any atom is 0.229 e. The Morgan fingerprint density at radius 2 is 1.83 bits per heavy atom. The number of anilines is 6. The number of carbonyl (C=O) groups excluding carboxylic acids is 1. The zero-order chi connectivity index (χ0) is 29.1. The van der Waals surface area contributed by atoms with E-state index in [9.17, 15) is 10.1 Å². The van der Waals surface area contributed by atoms with Gasteiger partial charge in [-0.3, -0.25) is 14.8 Å². The standard InChI is InChI=1S/C30H27Cl2N9O/c31-24-15-35-17-27(23(24)12-33)41-7-5-18(6-8-41)10-28(42)39-26-4-3-21-11-20(26)2-1-19-9-22(14-34-13-19)38-30-36-16-25(32)29(37-21)40-30/h3-4,9,11,13-18H,1-2,5-8,10H2,(H,39,42)(H2,36,37,38,40). The van der Waals surface area contributed by atoms with E-state index in [0.717, 1.165) is 66.2 Å². The number of aromatic nitrogens is 4. The van der Waals surface area contributed by atoms with E-state index in [4.69, 9.17) is 23.2 Å². The number of nitrogens with one attached hydrogen (secondary N) is 3. The van der Waals surface area contributed by atoms with Crippen molar-refractivity contribution in [3.8, 4) is 6.07 Å². The van der Waals surface area contributed by atoms with Crippen LogP contribution in [0.4, 0.5) is 34.5 Å². The van der Waals surface area contributed by atoms with Crippen molar-refractivity contribution >= 4 is 63.6 Å². The van der Waals surface area contributed by atoms with Crippen LogP contribution in [0.15, 0.2) is 55.2 Å². The molecule has 1 aromatic carbocycles. The molecule has 3 aromatic heterocycles. The maximum absolute atomic E-state index is 13.2. The number of hydrogen-bond donors (Lipinski definition) is 3. The Morgan fingerprint density at radius 3 is 2.67 bits per heavy atom. The van der Waals surface area contributed by atoms with Gasteiger partial charge in [0, 0.05) is 43.3 Å². The molecule has 2 aliphatic heterocycles. The van der Waals surface area contributed by atoms with Crippen molar-refractivity contribution in [3.63, 3.8) is 0 Å². The number of carbonyl (C=O) groups is 1. The highest BCUT2D eigenvalue weighted by Gasteiger charge is 2.24. The summed E-state index contributed by atoms with van der Waals surface area (Å²) in [5, 5.41) is 19.9. The van der Waals surface area contributed by atoms with Crippen LogP contribution < -0.4 is 20.9 Å². The molecule has 12 heteroatoms. The zero-order valence-electron chi connectivity index (χ0n) is 22.6. The molecule has 6 rings (SSSR count). The molecule has 42 heavy (non-hydrogen) atoms. The number of benzene rings is 1. The Hall–Kier alpha value is -4.46. The quantitative estimate of drug-likeness (QED) is 0.248. The Morgan fingerprint density at radius 1 is 1.00 bits per heavy atom. The molecule has 1 fully saturated rings. The second kappa shape index (κ2) is 12.2. The van der Waals surface area contributed by atoms with Crippen molar-refractivity contribution in [2.45, 2.75) is 32.1 Å². The van der Waals surface area contributed by atoms with E-state index in [0.29, 0.717) is 40.2 Å². The average molecular weight is 601 g/mol. The first-order valence-corrected chi connectivity index (χ1v) is 14.4. The Labute approximate surface area is 253 Å². The number of nitriles is 1. The van der Waals surface area contributed by atoms with Gasteiger partial charge in [-0.1, -0.05) is 23.2 Å². The number of amides is 1. The number of halogens is 2. The van der Waals surface area contributed by atoms with Gasteiger partial charge in [-0.25, -0.2) is 4.98 Å². The molecule has 1 saturated heterocycles. The van der Waals surface area contributed by atoms with Gasteiger partial charge in [0.1, 0.15) is 11.1 Å². The fraction of sp³-hybridized carbons (Fsp3) is 0.267. The number of fused-ring (bicyclic) bond motifs is 6. The third-order valence-corrected chi connectivity index (χ3v) is 8.10. The Kier molecular flexibility index (Phi) is 8.04. The molecule has 3 N–H and O–H groups in total. The first-order chi connectivity index (χ1) is 20.4. The molecular weight excluding hydrogens is 573 g/mol. The number of aryl methyl sites for hydroxylation is 2. The molecule has 0 saturated carbocycles. The van der Waals surface area contributed by atoms with Crippen molar-refractivity contribution in [3.05, 3.63) is 82.0 Å². The summed E-state index contributed by atoms with van der Waals surface area (Å²) in [4.78, 5) is 32.7. The molecule has 4 aromatic rings. The van der Waals surface area contributed by atoms with Crippen molar-refractivity contribution in [1.29, 1.82) is 5.26 Å². The van der Waals surface area contributed by atoms with Gasteiger partial charge in [0.2, 0.25) is 11.9 Å². The minimum atomic E-state index is -0.0215. The molecule has 0 unspecified atom stereocenters. The monoisotopic (exact) mass is 599 g/mol. The van der Waals surface area contributed by atoms with E-state index in [1.165, 1.54) is 6.20 Å². The fourth-order valence-electron chi connectivity index (χ4n) is 5.37. The minimum Gasteiger partial charge on any atom is -0.369 e. The van der Waals surface area contributed by atoms with Crippen molar-refractivity contribution < 1.29 is 4.79 Å². The van der Waals surface area contributed by atoms with Gasteiger partial charge in [0.05, 0.1) is 40.6 Å². The summed E-state index contributed by atoms with van der Waals surface area (Å²) in [5.74, 6) is 1.10. The minimum absolute atomic E-state index is 0.0215. The molecule has 2 aliphatic rings. The van der Waals surface area contributed by atoms with Crippen LogP contribution in [0.3, 0.4) is 0 Å². The highest BCUT2D eigenvalue weighted by atomic mass is 35.5. The van der Waals surface area contributed by atoms with Gasteiger partial charge >= 0.3 is 0 Å². The topological polar surface area (TPSA) is 132 Å². The lowest BCUT2D eigenvalue weighted by atomic mass is 9.92. The van der Waals surface area contributed by atoms with Crippen LogP contribution in [-0.2, 0) is 17.6 Å². The van der Waals surface area contributed by atoms with E-state index in [-0.39, 0.29) is 11.8 Å². The van der Waals surface area contributed by atoms with Crippen molar-refractivity contribution in [1.82, 2.24) is 19.9 Å². The number of hydrogen-bond acceptors (Lipinski definition) is 9. The second-order valence-corrected chi connectivity index (χ2v) is 11.2. The van der Waals surface area contributed by atoms with Crippen LogP contribution in [0.25, 0.3) is 0 Å². The third-order valence-electron chi connectivity index (χ3n) is 7.54. The van der Waals surface area contributed by atoms with Crippen LogP contribution >= 0.6 is 23.2 Å². The number of nitrogens with zero attached hydrogens (tertiary/aromatic N) is 6. The molecule has 212 valence electrons. The summed E-state index contributed by atoms with van der Waals surface area (Å²) in [6.45, 7) is 1.46. The van der Waals surface area contributed by atoms with Crippen molar-refractivity contribution in [2.24, 2.45) is 5.92 Å². The highest BCUT2D eigenvalue weighted by molar-refractivity contribution is 6.33. The number of piperidine rings is 1.